The largest absolute Gasteiger partial charge is 0.481 e. The molecule has 2 aromatic rings. The van der Waals surface area contributed by atoms with Crippen LogP contribution in [0.2, 0.25) is 0 Å². The van der Waals surface area contributed by atoms with Gasteiger partial charge in [-0.1, -0.05) is 30.3 Å². The van der Waals surface area contributed by atoms with Crippen LogP contribution in [-0.2, 0) is 23.2 Å². The maximum absolute atomic E-state index is 13.1. The molecule has 0 radical (unpaired) electrons. The number of carboxylic acid groups (broad SMARTS) is 1. The topological polar surface area (TPSA) is 89.5 Å². The number of carbonyl (C=O) groups is 2. The highest BCUT2D eigenvalue weighted by molar-refractivity contribution is 5.95. The zero-order valence-electron chi connectivity index (χ0n) is 14.7. The number of nitrogens with zero attached hydrogens (tertiary/aromatic N) is 3. The van der Waals surface area contributed by atoms with Gasteiger partial charge in [0.05, 0.1) is 0 Å². The third-order valence-corrected chi connectivity index (χ3v) is 5.62. The van der Waals surface area contributed by atoms with Crippen LogP contribution in [0.5, 0.6) is 0 Å². The number of nitrogens with one attached hydrogen (secondary N) is 1. The maximum Gasteiger partial charge on any atom is 0.316 e. The highest BCUT2D eigenvalue weighted by Crippen LogP contribution is 2.36. The highest BCUT2D eigenvalue weighted by Gasteiger charge is 2.48. The third kappa shape index (κ3) is 2.59. The predicted octanol–water partition coefficient (Wildman–Crippen LogP) is 1.27. The molecule has 7 nitrogen and oxygen atoms in total. The molecule has 2 N–H and O–H groups in total. The smallest absolute Gasteiger partial charge is 0.316 e. The fraction of sp³-hybridized carbons (Fsp3) is 0.421. The van der Waals surface area contributed by atoms with Crippen LogP contribution >= 0.6 is 0 Å². The van der Waals surface area contributed by atoms with E-state index in [-0.39, 0.29) is 12.5 Å². The van der Waals surface area contributed by atoms with Crippen LogP contribution in [0.4, 0.5) is 0 Å². The lowest BCUT2D eigenvalue weighted by Crippen LogP contribution is -2.40. The number of rotatable bonds is 3. The first-order valence-corrected chi connectivity index (χ1v) is 8.84. The summed E-state index contributed by atoms with van der Waals surface area (Å²) in [6, 6.07) is 9.19. The van der Waals surface area contributed by atoms with Crippen molar-refractivity contribution in [3.05, 3.63) is 52.8 Å². The van der Waals surface area contributed by atoms with E-state index in [4.69, 9.17) is 0 Å². The van der Waals surface area contributed by atoms with E-state index in [2.05, 4.69) is 15.1 Å². The van der Waals surface area contributed by atoms with Crippen molar-refractivity contribution < 1.29 is 14.7 Å². The molecule has 1 amide bonds. The molecule has 1 saturated heterocycles. The van der Waals surface area contributed by atoms with Crippen molar-refractivity contribution in [1.82, 2.24) is 20.0 Å². The van der Waals surface area contributed by atoms with E-state index < -0.39 is 11.4 Å². The van der Waals surface area contributed by atoms with Crippen molar-refractivity contribution in [1.29, 1.82) is 0 Å². The summed E-state index contributed by atoms with van der Waals surface area (Å²) in [5.41, 5.74) is 2.08. The molecule has 0 bridgehead atoms. The lowest BCUT2D eigenvalue weighted by Gasteiger charge is -2.26. The summed E-state index contributed by atoms with van der Waals surface area (Å²) in [4.78, 5) is 28.9. The molecular formula is C19H22N4O3. The van der Waals surface area contributed by atoms with Gasteiger partial charge in [-0.3, -0.25) is 14.7 Å². The molecule has 0 aliphatic carbocycles. The van der Waals surface area contributed by atoms with Crippen LogP contribution in [0.25, 0.3) is 0 Å². The van der Waals surface area contributed by atoms with Gasteiger partial charge in [-0.25, -0.2) is 0 Å². The number of likely N-dealkylation sites (tertiary alicyclic amines) is 1. The average molecular weight is 354 g/mol. The Labute approximate surface area is 151 Å². The normalized spacial score (nSPS) is 23.0. The van der Waals surface area contributed by atoms with Gasteiger partial charge in [0.15, 0.2) is 5.69 Å². The Hall–Kier alpha value is -2.67. The Bertz CT molecular complexity index is 848. The molecule has 4 rings (SSSR count). The van der Waals surface area contributed by atoms with Gasteiger partial charge in [0.25, 0.3) is 5.91 Å². The quantitative estimate of drug-likeness (QED) is 0.866. The summed E-state index contributed by atoms with van der Waals surface area (Å²) in [5, 5.41) is 17.1. The summed E-state index contributed by atoms with van der Waals surface area (Å²) < 4.78 is 0. The first-order valence-electron chi connectivity index (χ1n) is 8.84. The zero-order chi connectivity index (χ0) is 18.3. The molecule has 1 atom stereocenters. The lowest BCUT2D eigenvalue weighted by molar-refractivity contribution is -0.143. The summed E-state index contributed by atoms with van der Waals surface area (Å²) in [7, 11) is 2.02. The minimum absolute atomic E-state index is 0.169. The van der Waals surface area contributed by atoms with Crippen molar-refractivity contribution in [3.63, 3.8) is 0 Å². The molecule has 1 aromatic heterocycles. The Morgan fingerprint density at radius 1 is 1.23 bits per heavy atom. The average Bonchev–Trinajstić information content (AvgIpc) is 3.27. The predicted molar refractivity (Wildman–Crippen MR) is 94.9 cm³/mol. The van der Waals surface area contributed by atoms with E-state index in [0.29, 0.717) is 25.2 Å². The minimum Gasteiger partial charge on any atom is -0.481 e. The van der Waals surface area contributed by atoms with Crippen molar-refractivity contribution in [2.75, 3.05) is 26.7 Å². The van der Waals surface area contributed by atoms with Crippen LogP contribution in [0.3, 0.4) is 0 Å². The second kappa shape index (κ2) is 6.25. The number of aliphatic carboxylic acids is 1. The van der Waals surface area contributed by atoms with E-state index in [0.717, 1.165) is 29.8 Å². The molecule has 0 saturated carbocycles. The van der Waals surface area contributed by atoms with Gasteiger partial charge in [0, 0.05) is 43.9 Å². The van der Waals surface area contributed by atoms with Crippen LogP contribution in [0, 0.1) is 0 Å². The first kappa shape index (κ1) is 16.8. The van der Waals surface area contributed by atoms with Gasteiger partial charge in [-0.2, -0.15) is 5.10 Å². The molecule has 0 unspecified atom stereocenters. The van der Waals surface area contributed by atoms with Crippen LogP contribution < -0.4 is 0 Å². The van der Waals surface area contributed by atoms with Crippen molar-refractivity contribution >= 4 is 11.9 Å². The molecule has 2 aliphatic rings. The number of likely N-dealkylation sites (N-methyl/N-ethyl adjacent to an activating group) is 1. The number of aromatic amines is 1. The Morgan fingerprint density at radius 2 is 2.00 bits per heavy atom. The summed E-state index contributed by atoms with van der Waals surface area (Å²) >= 11 is 0. The number of hydrogen-bond donors (Lipinski definition) is 2. The van der Waals surface area contributed by atoms with Gasteiger partial charge in [0.1, 0.15) is 5.41 Å². The van der Waals surface area contributed by atoms with Crippen LogP contribution in [-0.4, -0.2) is 63.7 Å². The Morgan fingerprint density at radius 3 is 2.73 bits per heavy atom. The molecular weight excluding hydrogens is 332 g/mol. The molecule has 7 heteroatoms. The molecule has 3 heterocycles. The van der Waals surface area contributed by atoms with Crippen molar-refractivity contribution in [2.45, 2.75) is 24.8 Å². The summed E-state index contributed by atoms with van der Waals surface area (Å²) in [6.45, 7) is 2.20. The summed E-state index contributed by atoms with van der Waals surface area (Å²) in [6.07, 6.45) is 1.25. The second-order valence-corrected chi connectivity index (χ2v) is 7.25. The van der Waals surface area contributed by atoms with E-state index in [9.17, 15) is 14.7 Å². The molecule has 1 aromatic carbocycles. The van der Waals surface area contributed by atoms with Crippen molar-refractivity contribution in [3.8, 4) is 0 Å². The fourth-order valence-corrected chi connectivity index (χ4v) is 4.03. The first-order chi connectivity index (χ1) is 12.5. The van der Waals surface area contributed by atoms with Gasteiger partial charge in [0.2, 0.25) is 0 Å². The molecule has 136 valence electrons. The van der Waals surface area contributed by atoms with Crippen LogP contribution in [0.1, 0.15) is 33.7 Å². The highest BCUT2D eigenvalue weighted by atomic mass is 16.4. The second-order valence-electron chi connectivity index (χ2n) is 7.25. The fourth-order valence-electron chi connectivity index (χ4n) is 4.03. The zero-order valence-corrected chi connectivity index (χ0v) is 14.7. The third-order valence-electron chi connectivity index (χ3n) is 5.62. The van der Waals surface area contributed by atoms with Crippen molar-refractivity contribution in [2.24, 2.45) is 0 Å². The maximum atomic E-state index is 13.1. The molecule has 2 aliphatic heterocycles. The standard InChI is InChI=1S/C19H22N4O3/c1-22-9-7-15-14(11-22)16(21-20-15)17(24)23-10-8-19(12-23,18(25)26)13-5-3-2-4-6-13/h2-6H,7-12H2,1H3,(H,20,21)(H,25,26)/t19-/m0/s1. The molecule has 0 spiro atoms. The van der Waals surface area contributed by atoms with E-state index in [1.54, 1.807) is 4.90 Å². The number of carboxylic acids is 1. The van der Waals surface area contributed by atoms with E-state index in [1.165, 1.54) is 0 Å². The Balaban J connectivity index is 1.62. The van der Waals surface area contributed by atoms with Gasteiger partial charge >= 0.3 is 5.97 Å². The number of fused-ring (bicyclic) bond motifs is 1. The number of aromatic nitrogens is 2. The van der Waals surface area contributed by atoms with Gasteiger partial charge < -0.3 is 14.9 Å². The number of carbonyl (C=O) groups excluding carboxylic acids is 1. The molecule has 26 heavy (non-hydrogen) atoms. The van der Waals surface area contributed by atoms with E-state index >= 15 is 0 Å². The minimum atomic E-state index is -1.05. The monoisotopic (exact) mass is 354 g/mol. The Kier molecular flexibility index (Phi) is 4.03. The number of H-pyrrole nitrogens is 1. The lowest BCUT2D eigenvalue weighted by atomic mass is 9.80. The van der Waals surface area contributed by atoms with Gasteiger partial charge in [-0.15, -0.1) is 0 Å². The van der Waals surface area contributed by atoms with Crippen LogP contribution in [0.15, 0.2) is 30.3 Å². The molecule has 1 fully saturated rings. The SMILES string of the molecule is CN1CCc2[nH]nc(C(=O)N3CC[C@@](C(=O)O)(c4ccccc4)C3)c2C1. The number of hydrogen-bond acceptors (Lipinski definition) is 4. The summed E-state index contributed by atoms with van der Waals surface area (Å²) in [5.74, 6) is -1.07. The number of amides is 1. The van der Waals surface area contributed by atoms with E-state index in [1.807, 2.05) is 37.4 Å². The van der Waals surface area contributed by atoms with Gasteiger partial charge in [-0.05, 0) is 19.0 Å². The number of benzene rings is 1.